The first kappa shape index (κ1) is 13.3. The predicted molar refractivity (Wildman–Crippen MR) is 70.4 cm³/mol. The van der Waals surface area contributed by atoms with Gasteiger partial charge in [-0.1, -0.05) is 0 Å². The van der Waals surface area contributed by atoms with Gasteiger partial charge in [0.25, 0.3) is 0 Å². The Morgan fingerprint density at radius 1 is 1.24 bits per heavy atom. The van der Waals surface area contributed by atoms with Gasteiger partial charge >= 0.3 is 0 Å². The second-order valence-electron chi connectivity index (χ2n) is 5.21. The van der Waals surface area contributed by atoms with E-state index >= 15 is 0 Å². The van der Waals surface area contributed by atoms with Crippen molar-refractivity contribution < 1.29 is 4.74 Å². The fourth-order valence-corrected chi connectivity index (χ4v) is 2.52. The molecule has 0 aromatic rings. The average molecular weight is 241 g/mol. The van der Waals surface area contributed by atoms with Crippen LogP contribution in [0, 0.1) is 0 Å². The normalized spacial score (nSPS) is 22.9. The Kier molecular flexibility index (Phi) is 5.71. The lowest BCUT2D eigenvalue weighted by atomic mass is 10.3. The molecule has 2 aliphatic rings. The van der Waals surface area contributed by atoms with Crippen LogP contribution in [0.3, 0.4) is 0 Å². The molecule has 0 unspecified atom stereocenters. The highest BCUT2D eigenvalue weighted by Crippen LogP contribution is 2.26. The van der Waals surface area contributed by atoms with Crippen LogP contribution in [0.4, 0.5) is 0 Å². The van der Waals surface area contributed by atoms with Crippen molar-refractivity contribution in [2.45, 2.75) is 25.3 Å². The summed E-state index contributed by atoms with van der Waals surface area (Å²) in [6, 6.07) is 0.857. The summed E-state index contributed by atoms with van der Waals surface area (Å²) < 4.78 is 5.20. The zero-order valence-electron chi connectivity index (χ0n) is 11.2. The number of hydrogen-bond donors (Lipinski definition) is 1. The first-order valence-corrected chi connectivity index (χ1v) is 7.06. The maximum absolute atomic E-state index is 5.20. The molecule has 0 aromatic carbocycles. The van der Waals surface area contributed by atoms with Gasteiger partial charge in [0.2, 0.25) is 0 Å². The van der Waals surface area contributed by atoms with Gasteiger partial charge in [-0.25, -0.2) is 0 Å². The summed E-state index contributed by atoms with van der Waals surface area (Å²) in [5.41, 5.74) is 0. The minimum absolute atomic E-state index is 0.857. The third-order valence-electron chi connectivity index (χ3n) is 3.78. The van der Waals surface area contributed by atoms with E-state index in [-0.39, 0.29) is 0 Å². The first-order chi connectivity index (χ1) is 8.40. The molecular weight excluding hydrogens is 214 g/mol. The summed E-state index contributed by atoms with van der Waals surface area (Å²) in [5.74, 6) is 0. The van der Waals surface area contributed by atoms with Crippen LogP contribution < -0.4 is 5.32 Å². The Hall–Kier alpha value is -0.160. The molecule has 1 aliphatic heterocycles. The van der Waals surface area contributed by atoms with E-state index in [2.05, 4.69) is 15.1 Å². The molecule has 1 heterocycles. The van der Waals surface area contributed by atoms with Crippen LogP contribution >= 0.6 is 0 Å². The zero-order valence-corrected chi connectivity index (χ0v) is 11.2. The number of nitrogens with one attached hydrogen (secondary N) is 1. The second kappa shape index (κ2) is 7.31. The number of nitrogens with zero attached hydrogens (tertiary/aromatic N) is 2. The molecule has 0 radical (unpaired) electrons. The van der Waals surface area contributed by atoms with Crippen molar-refractivity contribution in [1.82, 2.24) is 15.1 Å². The van der Waals surface area contributed by atoms with Gasteiger partial charge in [0, 0.05) is 45.9 Å². The molecule has 0 bridgehead atoms. The molecule has 0 amide bonds. The van der Waals surface area contributed by atoms with Crippen LogP contribution in [-0.4, -0.2) is 75.4 Å². The Labute approximate surface area is 105 Å². The van der Waals surface area contributed by atoms with Crippen molar-refractivity contribution >= 4 is 0 Å². The largest absolute Gasteiger partial charge is 0.383 e. The summed E-state index contributed by atoms with van der Waals surface area (Å²) in [6.07, 6.45) is 4.08. The molecule has 0 aromatic heterocycles. The van der Waals surface area contributed by atoms with Gasteiger partial charge in [0.1, 0.15) is 0 Å². The molecule has 0 spiro atoms. The summed E-state index contributed by atoms with van der Waals surface area (Å²) in [6.45, 7) is 9.23. The van der Waals surface area contributed by atoms with Crippen molar-refractivity contribution in [3.63, 3.8) is 0 Å². The third kappa shape index (κ3) is 4.92. The predicted octanol–water partition coefficient (Wildman–Crippen LogP) is 0.393. The Bertz CT molecular complexity index is 201. The van der Waals surface area contributed by atoms with Gasteiger partial charge in [-0.2, -0.15) is 0 Å². The summed E-state index contributed by atoms with van der Waals surface area (Å²) in [4.78, 5) is 5.21. The maximum Gasteiger partial charge on any atom is 0.0589 e. The van der Waals surface area contributed by atoms with E-state index < -0.39 is 0 Å². The molecule has 1 saturated carbocycles. The lowest BCUT2D eigenvalue weighted by Gasteiger charge is -2.26. The first-order valence-electron chi connectivity index (χ1n) is 7.06. The van der Waals surface area contributed by atoms with Crippen molar-refractivity contribution in [1.29, 1.82) is 0 Å². The quantitative estimate of drug-likeness (QED) is 0.698. The number of rotatable bonds is 7. The minimum Gasteiger partial charge on any atom is -0.383 e. The summed E-state index contributed by atoms with van der Waals surface area (Å²) in [7, 11) is 1.80. The Balaban J connectivity index is 1.66. The summed E-state index contributed by atoms with van der Waals surface area (Å²) >= 11 is 0. The lowest BCUT2D eigenvalue weighted by molar-refractivity contribution is 0.132. The van der Waals surface area contributed by atoms with Crippen molar-refractivity contribution in [3.05, 3.63) is 0 Å². The molecular formula is C13H27N3O. The van der Waals surface area contributed by atoms with Crippen LogP contribution in [0.5, 0.6) is 0 Å². The lowest BCUT2D eigenvalue weighted by Crippen LogP contribution is -2.39. The van der Waals surface area contributed by atoms with E-state index in [4.69, 9.17) is 4.74 Å². The SMILES string of the molecule is COCCN(CCN1CCCNCC1)C1CC1. The molecule has 4 heteroatoms. The van der Waals surface area contributed by atoms with Gasteiger partial charge in [-0.15, -0.1) is 0 Å². The molecule has 1 N–H and O–H groups in total. The van der Waals surface area contributed by atoms with Gasteiger partial charge < -0.3 is 15.0 Å². The van der Waals surface area contributed by atoms with Crippen molar-refractivity contribution in [2.24, 2.45) is 0 Å². The molecule has 0 atom stereocenters. The highest BCUT2D eigenvalue weighted by Gasteiger charge is 2.28. The van der Waals surface area contributed by atoms with Gasteiger partial charge in [-0.3, -0.25) is 4.90 Å². The second-order valence-corrected chi connectivity index (χ2v) is 5.21. The Morgan fingerprint density at radius 2 is 2.12 bits per heavy atom. The minimum atomic E-state index is 0.857. The van der Waals surface area contributed by atoms with Crippen molar-refractivity contribution in [2.75, 3.05) is 59.5 Å². The highest BCUT2D eigenvalue weighted by molar-refractivity contribution is 4.85. The van der Waals surface area contributed by atoms with Crippen molar-refractivity contribution in [3.8, 4) is 0 Å². The molecule has 1 saturated heterocycles. The summed E-state index contributed by atoms with van der Waals surface area (Å²) in [5, 5.41) is 3.46. The van der Waals surface area contributed by atoms with E-state index in [1.54, 1.807) is 7.11 Å². The topological polar surface area (TPSA) is 27.7 Å². The van der Waals surface area contributed by atoms with E-state index in [0.29, 0.717) is 0 Å². The Morgan fingerprint density at radius 3 is 2.88 bits per heavy atom. The third-order valence-corrected chi connectivity index (χ3v) is 3.78. The van der Waals surface area contributed by atoms with E-state index in [1.165, 1.54) is 52.0 Å². The number of hydrogen-bond acceptors (Lipinski definition) is 4. The monoisotopic (exact) mass is 241 g/mol. The highest BCUT2D eigenvalue weighted by atomic mass is 16.5. The molecule has 100 valence electrons. The smallest absolute Gasteiger partial charge is 0.0589 e. The molecule has 2 rings (SSSR count). The standard InChI is InChI=1S/C13H27N3O/c1-17-12-11-16(13-3-4-13)10-9-15-7-2-5-14-6-8-15/h13-14H,2-12H2,1H3. The van der Waals surface area contributed by atoms with Crippen LogP contribution in [0.1, 0.15) is 19.3 Å². The molecule has 2 fully saturated rings. The van der Waals surface area contributed by atoms with Crippen LogP contribution in [0.2, 0.25) is 0 Å². The van der Waals surface area contributed by atoms with E-state index in [9.17, 15) is 0 Å². The number of ether oxygens (including phenoxy) is 1. The fraction of sp³-hybridized carbons (Fsp3) is 1.00. The molecule has 17 heavy (non-hydrogen) atoms. The van der Waals surface area contributed by atoms with Gasteiger partial charge in [-0.05, 0) is 32.4 Å². The van der Waals surface area contributed by atoms with Gasteiger partial charge in [0.15, 0.2) is 0 Å². The van der Waals surface area contributed by atoms with Crippen LogP contribution in [0.25, 0.3) is 0 Å². The molecule has 1 aliphatic carbocycles. The average Bonchev–Trinajstić information content (AvgIpc) is 3.16. The fourth-order valence-electron chi connectivity index (χ4n) is 2.52. The van der Waals surface area contributed by atoms with Gasteiger partial charge in [0.05, 0.1) is 6.61 Å². The van der Waals surface area contributed by atoms with E-state index in [0.717, 1.165) is 25.7 Å². The number of methoxy groups -OCH3 is 1. The molecule has 4 nitrogen and oxygen atoms in total. The zero-order chi connectivity index (χ0) is 11.9. The van der Waals surface area contributed by atoms with E-state index in [1.807, 2.05) is 0 Å². The van der Waals surface area contributed by atoms with Crippen LogP contribution in [0.15, 0.2) is 0 Å². The van der Waals surface area contributed by atoms with Crippen LogP contribution in [-0.2, 0) is 4.74 Å². The maximum atomic E-state index is 5.20.